The molecular formula is C22H28N2O2S. The quantitative estimate of drug-likeness (QED) is 0.864. The molecule has 1 N–H and O–H groups in total. The third-order valence-electron chi connectivity index (χ3n) is 7.27. The molecule has 5 fully saturated rings. The van der Waals surface area contributed by atoms with Crippen molar-refractivity contribution in [2.45, 2.75) is 44.6 Å². The first-order chi connectivity index (χ1) is 13.1. The fourth-order valence-corrected chi connectivity index (χ4v) is 7.66. The second-order valence-electron chi connectivity index (χ2n) is 9.29. The van der Waals surface area contributed by atoms with Crippen molar-refractivity contribution in [2.75, 3.05) is 18.2 Å². The molecule has 6 rings (SSSR count). The van der Waals surface area contributed by atoms with E-state index in [1.807, 2.05) is 30.3 Å². The average molecular weight is 385 g/mol. The highest BCUT2D eigenvalue weighted by molar-refractivity contribution is 7.99. The predicted molar refractivity (Wildman–Crippen MR) is 107 cm³/mol. The largest absolute Gasteiger partial charge is 0.354 e. The summed E-state index contributed by atoms with van der Waals surface area (Å²) in [4.78, 5) is 27.5. The van der Waals surface area contributed by atoms with Crippen molar-refractivity contribution in [3.05, 3.63) is 35.9 Å². The van der Waals surface area contributed by atoms with Crippen LogP contribution in [0, 0.1) is 23.2 Å². The Morgan fingerprint density at radius 3 is 2.30 bits per heavy atom. The number of amides is 2. The van der Waals surface area contributed by atoms with Crippen molar-refractivity contribution in [2.24, 2.45) is 23.2 Å². The van der Waals surface area contributed by atoms with Crippen LogP contribution in [0.2, 0.25) is 0 Å². The third-order valence-corrected chi connectivity index (χ3v) is 8.28. The first-order valence-electron chi connectivity index (χ1n) is 10.3. The van der Waals surface area contributed by atoms with Gasteiger partial charge in [-0.2, -0.15) is 0 Å². The van der Waals surface area contributed by atoms with Gasteiger partial charge in [-0.25, -0.2) is 0 Å². The summed E-state index contributed by atoms with van der Waals surface area (Å²) in [5, 5.41) is 3.27. The molecule has 1 aliphatic heterocycles. The summed E-state index contributed by atoms with van der Waals surface area (Å²) in [5.41, 5.74) is 1.00. The first kappa shape index (κ1) is 17.6. The number of carbonyl (C=O) groups is 2. The molecule has 1 unspecified atom stereocenters. The smallest absolute Gasteiger partial charge is 0.255 e. The zero-order valence-electron chi connectivity index (χ0n) is 15.7. The zero-order valence-corrected chi connectivity index (χ0v) is 16.5. The molecule has 1 atom stereocenters. The van der Waals surface area contributed by atoms with E-state index < -0.39 is 0 Å². The van der Waals surface area contributed by atoms with Crippen molar-refractivity contribution >= 4 is 23.6 Å². The fourth-order valence-electron chi connectivity index (χ4n) is 6.51. The molecule has 1 saturated heterocycles. The summed E-state index contributed by atoms with van der Waals surface area (Å²) >= 11 is 1.67. The lowest BCUT2D eigenvalue weighted by Crippen LogP contribution is -2.54. The highest BCUT2D eigenvalue weighted by Crippen LogP contribution is 2.59. The Balaban J connectivity index is 1.24. The summed E-state index contributed by atoms with van der Waals surface area (Å²) in [6.07, 6.45) is 8.16. The molecule has 0 aromatic heterocycles. The topological polar surface area (TPSA) is 49.4 Å². The molecule has 1 heterocycles. The van der Waals surface area contributed by atoms with Gasteiger partial charge in [0.2, 0.25) is 5.91 Å². The Kier molecular flexibility index (Phi) is 4.46. The molecule has 4 nitrogen and oxygen atoms in total. The Bertz CT molecular complexity index is 700. The van der Waals surface area contributed by atoms with E-state index in [0.717, 1.165) is 24.3 Å². The fraction of sp³-hybridized carbons (Fsp3) is 0.636. The molecule has 1 aromatic carbocycles. The molecule has 4 bridgehead atoms. The van der Waals surface area contributed by atoms with Gasteiger partial charge >= 0.3 is 0 Å². The standard InChI is InChI=1S/C22H28N2O2S/c25-20(19-12-27-14-24(19)21(26)18-4-2-1-3-5-18)23-13-22-9-15-6-16(10-22)8-17(7-15)11-22/h1-5,15-17,19H,6-14H2,(H,23,25). The van der Waals surface area contributed by atoms with E-state index in [2.05, 4.69) is 5.32 Å². The van der Waals surface area contributed by atoms with Gasteiger partial charge in [-0.3, -0.25) is 9.59 Å². The van der Waals surface area contributed by atoms with Gasteiger partial charge in [0.15, 0.2) is 0 Å². The van der Waals surface area contributed by atoms with Crippen LogP contribution in [0.15, 0.2) is 30.3 Å². The molecule has 2 amide bonds. The van der Waals surface area contributed by atoms with Gasteiger partial charge in [0.05, 0.1) is 5.88 Å². The van der Waals surface area contributed by atoms with E-state index in [9.17, 15) is 9.59 Å². The maximum Gasteiger partial charge on any atom is 0.255 e. The van der Waals surface area contributed by atoms with E-state index >= 15 is 0 Å². The van der Waals surface area contributed by atoms with Gasteiger partial charge in [-0.05, 0) is 73.8 Å². The summed E-state index contributed by atoms with van der Waals surface area (Å²) in [6.45, 7) is 0.809. The number of hydrogen-bond acceptors (Lipinski definition) is 3. The van der Waals surface area contributed by atoms with Crippen LogP contribution in [0.5, 0.6) is 0 Å². The van der Waals surface area contributed by atoms with Crippen molar-refractivity contribution in [1.29, 1.82) is 0 Å². The molecule has 27 heavy (non-hydrogen) atoms. The lowest BCUT2D eigenvalue weighted by Gasteiger charge is -2.57. The lowest BCUT2D eigenvalue weighted by atomic mass is 9.49. The van der Waals surface area contributed by atoms with Crippen LogP contribution in [0.1, 0.15) is 48.9 Å². The number of hydrogen-bond donors (Lipinski definition) is 1. The van der Waals surface area contributed by atoms with E-state index in [-0.39, 0.29) is 17.9 Å². The SMILES string of the molecule is O=C(NCC12CC3CC(CC(C3)C1)C2)C1CSCN1C(=O)c1ccccc1. The van der Waals surface area contributed by atoms with Gasteiger partial charge in [0, 0.05) is 17.9 Å². The summed E-state index contributed by atoms with van der Waals surface area (Å²) in [7, 11) is 0. The van der Waals surface area contributed by atoms with E-state index in [4.69, 9.17) is 0 Å². The Labute approximate surface area is 165 Å². The highest BCUT2D eigenvalue weighted by atomic mass is 32.2. The molecule has 5 heteroatoms. The number of benzene rings is 1. The summed E-state index contributed by atoms with van der Waals surface area (Å²) in [6, 6.07) is 8.98. The van der Waals surface area contributed by atoms with Crippen molar-refractivity contribution in [1.82, 2.24) is 10.2 Å². The van der Waals surface area contributed by atoms with Crippen molar-refractivity contribution < 1.29 is 9.59 Å². The third kappa shape index (κ3) is 3.28. The van der Waals surface area contributed by atoms with Gasteiger partial charge in [-0.15, -0.1) is 11.8 Å². The molecule has 1 aromatic rings. The molecule has 0 spiro atoms. The second-order valence-corrected chi connectivity index (χ2v) is 10.3. The number of rotatable bonds is 4. The van der Waals surface area contributed by atoms with Crippen LogP contribution in [-0.2, 0) is 4.79 Å². The lowest BCUT2D eigenvalue weighted by molar-refractivity contribution is -0.126. The van der Waals surface area contributed by atoms with Gasteiger partial charge in [0.25, 0.3) is 5.91 Å². The minimum Gasteiger partial charge on any atom is -0.354 e. The molecular weight excluding hydrogens is 356 g/mol. The van der Waals surface area contributed by atoms with Crippen LogP contribution in [0.4, 0.5) is 0 Å². The minimum absolute atomic E-state index is 0.0319. The van der Waals surface area contributed by atoms with Crippen molar-refractivity contribution in [3.8, 4) is 0 Å². The maximum absolute atomic E-state index is 13.0. The van der Waals surface area contributed by atoms with Gasteiger partial charge in [-0.1, -0.05) is 18.2 Å². The van der Waals surface area contributed by atoms with Crippen LogP contribution < -0.4 is 5.32 Å². The first-order valence-corrected chi connectivity index (χ1v) is 11.5. The molecule has 4 aliphatic carbocycles. The molecule has 0 radical (unpaired) electrons. The summed E-state index contributed by atoms with van der Waals surface area (Å²) < 4.78 is 0. The number of nitrogens with one attached hydrogen (secondary N) is 1. The van der Waals surface area contributed by atoms with E-state index in [1.54, 1.807) is 16.7 Å². The number of thioether (sulfide) groups is 1. The van der Waals surface area contributed by atoms with Crippen LogP contribution >= 0.6 is 11.8 Å². The normalized spacial score (nSPS) is 36.8. The van der Waals surface area contributed by atoms with Gasteiger partial charge < -0.3 is 10.2 Å². The van der Waals surface area contributed by atoms with Crippen LogP contribution in [-0.4, -0.2) is 40.9 Å². The average Bonchev–Trinajstić information content (AvgIpc) is 3.15. The van der Waals surface area contributed by atoms with Crippen LogP contribution in [0.3, 0.4) is 0 Å². The monoisotopic (exact) mass is 384 g/mol. The predicted octanol–water partition coefficient (Wildman–Crippen LogP) is 3.53. The number of nitrogens with zero attached hydrogens (tertiary/aromatic N) is 1. The van der Waals surface area contributed by atoms with Crippen molar-refractivity contribution in [3.63, 3.8) is 0 Å². The Morgan fingerprint density at radius 1 is 1.04 bits per heavy atom. The molecule has 5 aliphatic rings. The summed E-state index contributed by atoms with van der Waals surface area (Å²) in [5.74, 6) is 3.99. The van der Waals surface area contributed by atoms with E-state index in [0.29, 0.717) is 22.6 Å². The maximum atomic E-state index is 13.0. The van der Waals surface area contributed by atoms with Gasteiger partial charge in [0.1, 0.15) is 6.04 Å². The highest BCUT2D eigenvalue weighted by Gasteiger charge is 2.51. The Hall–Kier alpha value is -1.49. The molecule has 144 valence electrons. The van der Waals surface area contributed by atoms with E-state index in [1.165, 1.54) is 38.5 Å². The number of carbonyl (C=O) groups excluding carboxylic acids is 2. The van der Waals surface area contributed by atoms with Crippen LogP contribution in [0.25, 0.3) is 0 Å². The second kappa shape index (κ2) is 6.84. The Morgan fingerprint density at radius 2 is 1.67 bits per heavy atom. The zero-order chi connectivity index (χ0) is 18.4. The molecule has 4 saturated carbocycles. The minimum atomic E-state index is -0.336.